The van der Waals surface area contributed by atoms with Crippen molar-refractivity contribution in [2.24, 2.45) is 0 Å². The first-order chi connectivity index (χ1) is 5.83. The molecule has 0 aromatic rings. The largest absolute Gasteiger partial charge is 0.103 e. The Hall–Kier alpha value is -0.780. The predicted molar refractivity (Wildman–Crippen MR) is 61.5 cm³/mol. The maximum absolute atomic E-state index is 3.51. The van der Waals surface area contributed by atoms with Gasteiger partial charge in [0.2, 0.25) is 0 Å². The fraction of sp³-hybridized carbons (Fsp3) is 0.500. The fourth-order valence-corrected chi connectivity index (χ4v) is 0.232. The zero-order chi connectivity index (χ0) is 10.2. The van der Waals surface area contributed by atoms with Crippen molar-refractivity contribution in [3.8, 4) is 0 Å². The van der Waals surface area contributed by atoms with E-state index in [1.54, 1.807) is 6.08 Å². The number of allylic oxidation sites excluding steroid dienone is 4. The van der Waals surface area contributed by atoms with Crippen molar-refractivity contribution in [3.05, 3.63) is 37.5 Å². The molecule has 0 saturated carbocycles. The molecule has 0 aliphatic heterocycles. The molecule has 0 saturated heterocycles. The van der Waals surface area contributed by atoms with Crippen molar-refractivity contribution in [3.63, 3.8) is 0 Å². The van der Waals surface area contributed by atoms with E-state index < -0.39 is 0 Å². The fourth-order valence-electron chi connectivity index (χ4n) is 0.232. The Balaban J connectivity index is -0.000000118. The molecule has 0 aliphatic rings. The molecule has 12 heavy (non-hydrogen) atoms. The van der Waals surface area contributed by atoms with Gasteiger partial charge in [0.25, 0.3) is 0 Å². The van der Waals surface area contributed by atoms with Crippen LogP contribution in [0.4, 0.5) is 0 Å². The first kappa shape index (κ1) is 17.3. The lowest BCUT2D eigenvalue weighted by molar-refractivity contribution is 1.22. The smallest absolute Gasteiger partial charge is 0.0376 e. The quantitative estimate of drug-likeness (QED) is 0.421. The van der Waals surface area contributed by atoms with Crippen LogP contribution in [0.2, 0.25) is 0 Å². The average Bonchev–Trinajstić information content (AvgIpc) is 2.18. The maximum atomic E-state index is 3.51. The zero-order valence-electron chi connectivity index (χ0n) is 9.14. The maximum Gasteiger partial charge on any atom is -0.0376 e. The van der Waals surface area contributed by atoms with E-state index in [1.807, 2.05) is 26.0 Å². The summed E-state index contributed by atoms with van der Waals surface area (Å²) in [5.41, 5.74) is 0. The molecule has 0 bridgehead atoms. The number of hydrogen-bond acceptors (Lipinski definition) is 0. The molecule has 0 N–H and O–H groups in total. The number of hydrogen-bond donors (Lipinski definition) is 0. The molecule has 72 valence electrons. The molecule has 0 aliphatic carbocycles. The van der Waals surface area contributed by atoms with Crippen molar-refractivity contribution in [2.75, 3.05) is 0 Å². The van der Waals surface area contributed by atoms with Crippen LogP contribution in [0.3, 0.4) is 0 Å². The molecule has 0 amide bonds. The molecule has 0 rings (SSSR count). The Morgan fingerprint density at radius 2 is 1.42 bits per heavy atom. The van der Waals surface area contributed by atoms with E-state index >= 15 is 0 Å². The Morgan fingerprint density at radius 1 is 1.00 bits per heavy atom. The van der Waals surface area contributed by atoms with Crippen molar-refractivity contribution >= 4 is 0 Å². The lowest BCUT2D eigenvalue weighted by atomic mass is 10.4. The third kappa shape index (κ3) is 60.1. The monoisotopic (exact) mass is 168 g/mol. The lowest BCUT2D eigenvalue weighted by Crippen LogP contribution is -1.46. The SMILES string of the molecule is C=C/C=C/CC.C=CCC.CC. The van der Waals surface area contributed by atoms with Crippen molar-refractivity contribution in [1.29, 1.82) is 0 Å². The van der Waals surface area contributed by atoms with Gasteiger partial charge in [-0.2, -0.15) is 0 Å². The second-order valence-electron chi connectivity index (χ2n) is 1.77. The normalized spacial score (nSPS) is 7.33. The first-order valence-corrected chi connectivity index (χ1v) is 4.71. The Kier molecular flexibility index (Phi) is 46.1. The van der Waals surface area contributed by atoms with Gasteiger partial charge >= 0.3 is 0 Å². The highest BCUT2D eigenvalue weighted by molar-refractivity contribution is 4.96. The highest BCUT2D eigenvalue weighted by Crippen LogP contribution is 1.76. The zero-order valence-corrected chi connectivity index (χ0v) is 9.14. The molecular weight excluding hydrogens is 144 g/mol. The van der Waals surface area contributed by atoms with Crippen LogP contribution in [0.1, 0.15) is 40.5 Å². The van der Waals surface area contributed by atoms with Gasteiger partial charge in [0.1, 0.15) is 0 Å². The van der Waals surface area contributed by atoms with Gasteiger partial charge in [0.05, 0.1) is 0 Å². The minimum absolute atomic E-state index is 1.08. The molecule has 0 radical (unpaired) electrons. The second-order valence-corrected chi connectivity index (χ2v) is 1.77. The highest BCUT2D eigenvalue weighted by atomic mass is 13.6. The molecule has 0 fully saturated rings. The minimum Gasteiger partial charge on any atom is -0.103 e. The summed E-state index contributed by atoms with van der Waals surface area (Å²) in [6.07, 6.45) is 9.85. The van der Waals surface area contributed by atoms with Crippen LogP contribution in [0.5, 0.6) is 0 Å². The summed E-state index contributed by atoms with van der Waals surface area (Å²) in [4.78, 5) is 0. The molecule has 0 spiro atoms. The second kappa shape index (κ2) is 31.9. The summed E-state index contributed by atoms with van der Waals surface area (Å²) < 4.78 is 0. The molecular formula is C12H24. The predicted octanol–water partition coefficient (Wildman–Crippen LogP) is 4.75. The van der Waals surface area contributed by atoms with Crippen LogP contribution < -0.4 is 0 Å². The molecule has 0 heterocycles. The van der Waals surface area contributed by atoms with E-state index in [-0.39, 0.29) is 0 Å². The van der Waals surface area contributed by atoms with Crippen LogP contribution in [0.15, 0.2) is 37.5 Å². The third-order valence-corrected chi connectivity index (χ3v) is 0.797. The molecule has 0 heteroatoms. The van der Waals surface area contributed by atoms with E-state index in [0.717, 1.165) is 12.8 Å². The standard InChI is InChI=1S/C6H10.C4H8.C2H6/c1-3-5-6-4-2;1-3-4-2;1-2/h3,5-6H,1,4H2,2H3;3H,1,4H2,2H3;1-2H3/b6-5+;;. The molecule has 0 aromatic heterocycles. The highest BCUT2D eigenvalue weighted by Gasteiger charge is 1.55. The summed E-state index contributed by atoms with van der Waals surface area (Å²) in [5.74, 6) is 0. The van der Waals surface area contributed by atoms with Crippen molar-refractivity contribution < 1.29 is 0 Å². The van der Waals surface area contributed by atoms with Crippen LogP contribution in [0, 0.1) is 0 Å². The molecule has 0 unspecified atom stereocenters. The van der Waals surface area contributed by atoms with E-state index in [4.69, 9.17) is 0 Å². The molecule has 0 aromatic carbocycles. The van der Waals surface area contributed by atoms with E-state index in [1.165, 1.54) is 0 Å². The first-order valence-electron chi connectivity index (χ1n) is 4.71. The van der Waals surface area contributed by atoms with E-state index in [2.05, 4.69) is 33.1 Å². The van der Waals surface area contributed by atoms with Crippen LogP contribution in [0.25, 0.3) is 0 Å². The Bertz CT molecular complexity index is 88.2. The summed E-state index contributed by atoms with van der Waals surface area (Å²) in [6, 6.07) is 0. The lowest BCUT2D eigenvalue weighted by Gasteiger charge is -1.67. The number of rotatable bonds is 3. The topological polar surface area (TPSA) is 0 Å². The summed E-state index contributed by atoms with van der Waals surface area (Å²) in [6.45, 7) is 15.2. The van der Waals surface area contributed by atoms with Gasteiger partial charge < -0.3 is 0 Å². The van der Waals surface area contributed by atoms with Gasteiger partial charge in [-0.15, -0.1) is 6.58 Å². The minimum atomic E-state index is 1.08. The van der Waals surface area contributed by atoms with Crippen molar-refractivity contribution in [2.45, 2.75) is 40.5 Å². The summed E-state index contributed by atoms with van der Waals surface area (Å²) in [5, 5.41) is 0. The van der Waals surface area contributed by atoms with Gasteiger partial charge in [0, 0.05) is 0 Å². The Labute approximate surface area is 78.7 Å². The van der Waals surface area contributed by atoms with E-state index in [9.17, 15) is 0 Å². The van der Waals surface area contributed by atoms with Crippen LogP contribution in [-0.4, -0.2) is 0 Å². The van der Waals surface area contributed by atoms with Gasteiger partial charge in [-0.3, -0.25) is 0 Å². The van der Waals surface area contributed by atoms with Crippen molar-refractivity contribution in [1.82, 2.24) is 0 Å². The third-order valence-electron chi connectivity index (χ3n) is 0.797. The van der Waals surface area contributed by atoms with Gasteiger partial charge in [-0.05, 0) is 12.8 Å². The van der Waals surface area contributed by atoms with Gasteiger partial charge in [-0.25, -0.2) is 0 Å². The van der Waals surface area contributed by atoms with Gasteiger partial charge in [0.15, 0.2) is 0 Å². The van der Waals surface area contributed by atoms with Crippen LogP contribution in [-0.2, 0) is 0 Å². The van der Waals surface area contributed by atoms with E-state index in [0.29, 0.717) is 0 Å². The van der Waals surface area contributed by atoms with Gasteiger partial charge in [-0.1, -0.05) is 58.6 Å². The summed E-state index contributed by atoms with van der Waals surface area (Å²) in [7, 11) is 0. The Morgan fingerprint density at radius 3 is 1.50 bits per heavy atom. The van der Waals surface area contributed by atoms with Crippen LogP contribution >= 0.6 is 0 Å². The molecule has 0 atom stereocenters. The molecule has 0 nitrogen and oxygen atoms in total. The average molecular weight is 168 g/mol. The summed E-state index contributed by atoms with van der Waals surface area (Å²) >= 11 is 0.